The zero-order valence-electron chi connectivity index (χ0n) is 8.12. The van der Waals surface area contributed by atoms with Crippen LogP contribution in [0.2, 0.25) is 0 Å². The van der Waals surface area contributed by atoms with Crippen LogP contribution in [-0.2, 0) is 4.74 Å². The molecule has 4 unspecified atom stereocenters. The Balaban J connectivity index is 1.96. The second kappa shape index (κ2) is 2.58. The quantitative estimate of drug-likeness (QED) is 0.618. The molecule has 0 aromatic heterocycles. The number of nitrogens with one attached hydrogen (secondary N) is 1. The maximum atomic E-state index is 5.71. The SMILES string of the molecule is COC12CCC(N1)C1C=CCCC12. The third-order valence-corrected chi connectivity index (χ3v) is 4.15. The van der Waals surface area contributed by atoms with Gasteiger partial charge in [0.1, 0.15) is 5.72 Å². The molecule has 13 heavy (non-hydrogen) atoms. The summed E-state index contributed by atoms with van der Waals surface area (Å²) in [6.45, 7) is 0. The molecule has 0 amide bonds. The van der Waals surface area contributed by atoms with Crippen molar-refractivity contribution in [3.8, 4) is 0 Å². The first-order chi connectivity index (χ1) is 6.36. The van der Waals surface area contributed by atoms with E-state index in [1.165, 1.54) is 25.7 Å². The summed E-state index contributed by atoms with van der Waals surface area (Å²) in [7, 11) is 1.86. The molecule has 2 fully saturated rings. The summed E-state index contributed by atoms with van der Waals surface area (Å²) in [6.07, 6.45) is 9.79. The molecule has 2 bridgehead atoms. The van der Waals surface area contributed by atoms with Gasteiger partial charge in [0.25, 0.3) is 0 Å². The summed E-state index contributed by atoms with van der Waals surface area (Å²) in [5.41, 5.74) is 0.0418. The van der Waals surface area contributed by atoms with E-state index in [1.54, 1.807) is 0 Å². The summed E-state index contributed by atoms with van der Waals surface area (Å²) >= 11 is 0. The Bertz CT molecular complexity index is 250. The lowest BCUT2D eigenvalue weighted by molar-refractivity contribution is -0.0657. The molecule has 1 aliphatic carbocycles. The fourth-order valence-corrected chi connectivity index (χ4v) is 3.54. The zero-order chi connectivity index (χ0) is 8.89. The van der Waals surface area contributed by atoms with E-state index in [0.717, 1.165) is 11.8 Å². The summed E-state index contributed by atoms with van der Waals surface area (Å²) in [5.74, 6) is 1.49. The molecule has 0 saturated carbocycles. The average molecular weight is 179 g/mol. The largest absolute Gasteiger partial charge is 0.364 e. The third kappa shape index (κ3) is 0.906. The van der Waals surface area contributed by atoms with E-state index in [2.05, 4.69) is 17.5 Å². The number of hydrogen-bond acceptors (Lipinski definition) is 2. The van der Waals surface area contributed by atoms with Gasteiger partial charge in [0, 0.05) is 19.1 Å². The first-order valence-electron chi connectivity index (χ1n) is 5.35. The van der Waals surface area contributed by atoms with Gasteiger partial charge in [-0.2, -0.15) is 0 Å². The number of allylic oxidation sites excluding steroid dienone is 1. The number of hydrogen-bond donors (Lipinski definition) is 1. The van der Waals surface area contributed by atoms with E-state index < -0.39 is 0 Å². The fraction of sp³-hybridized carbons (Fsp3) is 0.818. The van der Waals surface area contributed by atoms with Crippen LogP contribution in [0.4, 0.5) is 0 Å². The minimum atomic E-state index is 0.0418. The number of ether oxygens (including phenoxy) is 1. The first-order valence-corrected chi connectivity index (χ1v) is 5.35. The molecule has 1 N–H and O–H groups in total. The minimum absolute atomic E-state index is 0.0418. The summed E-state index contributed by atoms with van der Waals surface area (Å²) < 4.78 is 5.71. The molecular weight excluding hydrogens is 162 g/mol. The molecule has 2 nitrogen and oxygen atoms in total. The number of methoxy groups -OCH3 is 1. The van der Waals surface area contributed by atoms with Gasteiger partial charge >= 0.3 is 0 Å². The molecule has 3 rings (SSSR count). The molecule has 0 spiro atoms. The van der Waals surface area contributed by atoms with Gasteiger partial charge in [-0.3, -0.25) is 5.32 Å². The van der Waals surface area contributed by atoms with Gasteiger partial charge in [-0.05, 0) is 31.6 Å². The van der Waals surface area contributed by atoms with E-state index in [-0.39, 0.29) is 5.72 Å². The van der Waals surface area contributed by atoms with Gasteiger partial charge in [0.15, 0.2) is 0 Å². The van der Waals surface area contributed by atoms with Crippen LogP contribution in [0.15, 0.2) is 12.2 Å². The van der Waals surface area contributed by atoms with Crippen LogP contribution in [0.3, 0.4) is 0 Å². The second-order valence-electron chi connectivity index (χ2n) is 4.57. The zero-order valence-corrected chi connectivity index (χ0v) is 8.12. The van der Waals surface area contributed by atoms with Gasteiger partial charge < -0.3 is 4.74 Å². The predicted molar refractivity (Wildman–Crippen MR) is 51.3 cm³/mol. The van der Waals surface area contributed by atoms with Crippen molar-refractivity contribution in [1.29, 1.82) is 0 Å². The van der Waals surface area contributed by atoms with Crippen molar-refractivity contribution in [1.82, 2.24) is 5.32 Å². The summed E-state index contributed by atoms with van der Waals surface area (Å²) in [6, 6.07) is 0.696. The van der Waals surface area contributed by atoms with Gasteiger partial charge in [-0.25, -0.2) is 0 Å². The summed E-state index contributed by atoms with van der Waals surface area (Å²) in [5, 5.41) is 3.66. The molecule has 2 heteroatoms. The molecule has 72 valence electrons. The van der Waals surface area contributed by atoms with Crippen LogP contribution in [0, 0.1) is 11.8 Å². The van der Waals surface area contributed by atoms with Gasteiger partial charge in [-0.1, -0.05) is 12.2 Å². The normalized spacial score (nSPS) is 52.5. The van der Waals surface area contributed by atoms with Crippen molar-refractivity contribution in [3.63, 3.8) is 0 Å². The smallest absolute Gasteiger partial charge is 0.122 e. The molecule has 2 heterocycles. The van der Waals surface area contributed by atoms with Crippen LogP contribution in [0.5, 0.6) is 0 Å². The minimum Gasteiger partial charge on any atom is -0.364 e. The molecule has 0 radical (unpaired) electrons. The van der Waals surface area contributed by atoms with Crippen LogP contribution < -0.4 is 5.32 Å². The van der Waals surface area contributed by atoms with Crippen molar-refractivity contribution in [2.45, 2.75) is 37.5 Å². The van der Waals surface area contributed by atoms with Crippen molar-refractivity contribution in [3.05, 3.63) is 12.2 Å². The Kier molecular flexibility index (Phi) is 1.59. The Labute approximate surface area is 79.3 Å². The molecule has 3 aliphatic rings. The Hall–Kier alpha value is -0.340. The standard InChI is InChI=1S/C11H17NO/c1-13-11-7-6-10(12-11)8-4-2-3-5-9(8)11/h2,4,8-10,12H,3,5-7H2,1H3. The first kappa shape index (κ1) is 8.01. The topological polar surface area (TPSA) is 21.3 Å². The van der Waals surface area contributed by atoms with E-state index in [1.807, 2.05) is 7.11 Å². The molecule has 4 atom stereocenters. The molecule has 2 aliphatic heterocycles. The fourth-order valence-electron chi connectivity index (χ4n) is 3.54. The number of fused-ring (bicyclic) bond motifs is 5. The highest BCUT2D eigenvalue weighted by molar-refractivity contribution is 5.16. The van der Waals surface area contributed by atoms with E-state index in [4.69, 9.17) is 4.74 Å². The average Bonchev–Trinajstić information content (AvgIpc) is 2.75. The van der Waals surface area contributed by atoms with Crippen LogP contribution >= 0.6 is 0 Å². The van der Waals surface area contributed by atoms with Gasteiger partial charge in [0.2, 0.25) is 0 Å². The second-order valence-corrected chi connectivity index (χ2v) is 4.57. The van der Waals surface area contributed by atoms with Crippen molar-refractivity contribution < 1.29 is 4.74 Å². The Morgan fingerprint density at radius 2 is 2.38 bits per heavy atom. The monoisotopic (exact) mass is 179 g/mol. The maximum Gasteiger partial charge on any atom is 0.122 e. The van der Waals surface area contributed by atoms with Gasteiger partial charge in [-0.15, -0.1) is 0 Å². The molecule has 0 aromatic rings. The van der Waals surface area contributed by atoms with E-state index in [0.29, 0.717) is 6.04 Å². The lowest BCUT2D eigenvalue weighted by Gasteiger charge is -2.37. The molecule has 0 aromatic carbocycles. The predicted octanol–water partition coefficient (Wildman–Crippen LogP) is 1.68. The molecular formula is C11H17NO. The van der Waals surface area contributed by atoms with E-state index in [9.17, 15) is 0 Å². The molecule has 2 saturated heterocycles. The highest BCUT2D eigenvalue weighted by atomic mass is 16.5. The van der Waals surface area contributed by atoms with Gasteiger partial charge in [0.05, 0.1) is 0 Å². The Morgan fingerprint density at radius 1 is 1.46 bits per heavy atom. The van der Waals surface area contributed by atoms with Crippen LogP contribution in [-0.4, -0.2) is 18.9 Å². The lowest BCUT2D eigenvalue weighted by Crippen LogP contribution is -2.44. The Morgan fingerprint density at radius 3 is 3.23 bits per heavy atom. The van der Waals surface area contributed by atoms with Crippen molar-refractivity contribution in [2.75, 3.05) is 7.11 Å². The third-order valence-electron chi connectivity index (χ3n) is 4.15. The summed E-state index contributed by atoms with van der Waals surface area (Å²) in [4.78, 5) is 0. The van der Waals surface area contributed by atoms with E-state index >= 15 is 0 Å². The van der Waals surface area contributed by atoms with Crippen molar-refractivity contribution in [2.24, 2.45) is 11.8 Å². The highest BCUT2D eigenvalue weighted by Crippen LogP contribution is 2.50. The highest BCUT2D eigenvalue weighted by Gasteiger charge is 2.57. The lowest BCUT2D eigenvalue weighted by atomic mass is 9.72. The van der Waals surface area contributed by atoms with Crippen molar-refractivity contribution >= 4 is 0 Å². The van der Waals surface area contributed by atoms with Crippen LogP contribution in [0.1, 0.15) is 25.7 Å². The number of rotatable bonds is 1. The maximum absolute atomic E-state index is 5.71. The van der Waals surface area contributed by atoms with Crippen LogP contribution in [0.25, 0.3) is 0 Å².